The summed E-state index contributed by atoms with van der Waals surface area (Å²) < 4.78 is 223. The Labute approximate surface area is 433 Å². The first-order chi connectivity index (χ1) is 34.0. The van der Waals surface area contributed by atoms with Crippen molar-refractivity contribution in [2.75, 3.05) is 22.6 Å². The molecule has 0 atom stereocenters. The van der Waals surface area contributed by atoms with Crippen LogP contribution < -0.4 is 21.3 Å². The highest BCUT2D eigenvalue weighted by Gasteiger charge is 2.73. The molecule has 1 heterocycles. The van der Waals surface area contributed by atoms with Gasteiger partial charge in [-0.1, -0.05) is 60.1 Å². The zero-order valence-electron chi connectivity index (χ0n) is 38.7. The lowest BCUT2D eigenvalue weighted by Crippen LogP contribution is -2.50. The first kappa shape index (κ1) is 61.4. The van der Waals surface area contributed by atoms with E-state index in [1.54, 1.807) is 52.9 Å². The lowest BCUT2D eigenvalue weighted by molar-refractivity contribution is -0.348. The number of sulfone groups is 1. The molecule has 0 aliphatic carbocycles. The van der Waals surface area contributed by atoms with Crippen molar-refractivity contribution < 1.29 is 93.5 Å². The van der Waals surface area contributed by atoms with E-state index >= 15 is 0 Å². The highest BCUT2D eigenvalue weighted by Crippen LogP contribution is 2.54. The van der Waals surface area contributed by atoms with Gasteiger partial charge in [-0.3, -0.25) is 23.9 Å². The quantitative estimate of drug-likeness (QED) is 0.0672. The molecule has 0 radical (unpaired) electrons. The van der Waals surface area contributed by atoms with Gasteiger partial charge in [0, 0.05) is 45.9 Å². The summed E-state index contributed by atoms with van der Waals surface area (Å²) in [6.45, 7) is 4.08. The average Bonchev–Trinajstić information content (AvgIpc) is 3.63. The summed E-state index contributed by atoms with van der Waals surface area (Å²) in [6, 6.07) is 17.3. The SMILES string of the molecule is Cc1cc(C(F)(C(F)(F)F)C(F)(F)F)ccc1NC(=O)c1cccc(I)c1C(=O)NC(C)(C)CS(C)(=O)=O.Cn1nc(C(F)(F)C(F)(F)F)c(C(F)(F)F)c1C(=O)Nc1ccc(Cl)c(C(=O)NCc2ccccc2)c1. The topological polar surface area (TPSA) is 168 Å². The van der Waals surface area contributed by atoms with Crippen LogP contribution in [0.15, 0.2) is 84.9 Å². The van der Waals surface area contributed by atoms with E-state index in [0.717, 1.165) is 36.9 Å². The summed E-state index contributed by atoms with van der Waals surface area (Å²) in [4.78, 5) is 51.2. The summed E-state index contributed by atoms with van der Waals surface area (Å²) in [5.41, 5.74) is -16.0. The van der Waals surface area contributed by atoms with Gasteiger partial charge in [-0.05, 0) is 90.9 Å². The summed E-state index contributed by atoms with van der Waals surface area (Å²) >= 11 is 7.77. The number of anilines is 2. The fourth-order valence-electron chi connectivity index (χ4n) is 6.95. The van der Waals surface area contributed by atoms with Crippen LogP contribution in [-0.2, 0) is 41.2 Å². The number of carbonyl (C=O) groups is 4. The van der Waals surface area contributed by atoms with E-state index in [1.165, 1.54) is 32.0 Å². The molecule has 0 saturated carbocycles. The lowest BCUT2D eigenvalue weighted by atomic mass is 9.92. The summed E-state index contributed by atoms with van der Waals surface area (Å²) in [5.74, 6) is -10.6. The van der Waals surface area contributed by atoms with Crippen LogP contribution in [0.2, 0.25) is 5.02 Å². The number of benzene rings is 4. The first-order valence-corrected chi connectivity index (χ1v) is 24.1. The van der Waals surface area contributed by atoms with E-state index in [0.29, 0.717) is 22.8 Å². The van der Waals surface area contributed by atoms with Crippen molar-refractivity contribution in [3.63, 3.8) is 0 Å². The molecule has 0 fully saturated rings. The highest BCUT2D eigenvalue weighted by molar-refractivity contribution is 14.1. The summed E-state index contributed by atoms with van der Waals surface area (Å²) in [7, 11) is -2.89. The number of carbonyl (C=O) groups excluding carboxylic acids is 4. The van der Waals surface area contributed by atoms with Gasteiger partial charge in [-0.25, -0.2) is 12.8 Å². The average molecular weight is 1240 g/mol. The van der Waals surface area contributed by atoms with Crippen LogP contribution in [0.1, 0.15) is 83.4 Å². The molecule has 5 rings (SSSR count). The molecular weight excluding hydrogens is 1200 g/mol. The number of nitrogens with one attached hydrogen (secondary N) is 4. The van der Waals surface area contributed by atoms with Gasteiger partial charge in [0.1, 0.15) is 21.1 Å². The molecule has 30 heteroatoms. The van der Waals surface area contributed by atoms with Crippen LogP contribution in [0.25, 0.3) is 0 Å². The Bertz CT molecular complexity index is 3080. The fraction of sp³-hybridized carbons (Fsp3) is 0.311. The molecule has 12 nitrogen and oxygen atoms in total. The molecule has 0 unspecified atom stereocenters. The molecule has 4 amide bonds. The minimum Gasteiger partial charge on any atom is -0.348 e. The van der Waals surface area contributed by atoms with E-state index in [4.69, 9.17) is 11.6 Å². The number of alkyl halides is 15. The third-order valence-corrected chi connectivity index (χ3v) is 12.7. The molecule has 1 aromatic heterocycles. The minimum absolute atomic E-state index is 0.0312. The number of amides is 4. The Morgan fingerprint density at radius 2 is 1.28 bits per heavy atom. The molecule has 75 heavy (non-hydrogen) atoms. The van der Waals surface area contributed by atoms with Gasteiger partial charge in [0.15, 0.2) is 5.69 Å². The number of nitrogens with zero attached hydrogens (tertiary/aromatic N) is 2. The van der Waals surface area contributed by atoms with Gasteiger partial charge in [0.25, 0.3) is 23.6 Å². The maximum absolute atomic E-state index is 14.4. The molecule has 4 aromatic carbocycles. The third-order valence-electron chi connectivity index (χ3n) is 10.2. The first-order valence-electron chi connectivity index (χ1n) is 20.6. The van der Waals surface area contributed by atoms with Crippen molar-refractivity contribution in [1.82, 2.24) is 20.4 Å². The third kappa shape index (κ3) is 14.4. The number of aromatic nitrogens is 2. The zero-order chi connectivity index (χ0) is 57.2. The number of hydrogen-bond acceptors (Lipinski definition) is 7. The normalized spacial score (nSPS) is 12.8. The van der Waals surface area contributed by atoms with E-state index in [9.17, 15) is 93.5 Å². The van der Waals surface area contributed by atoms with E-state index in [1.807, 2.05) is 5.32 Å². The van der Waals surface area contributed by atoms with Gasteiger partial charge < -0.3 is 21.3 Å². The number of rotatable bonds is 13. The Morgan fingerprint density at radius 3 is 1.80 bits per heavy atom. The summed E-state index contributed by atoms with van der Waals surface area (Å²) in [6.07, 6.45) is -23.8. The van der Waals surface area contributed by atoms with Crippen LogP contribution >= 0.6 is 34.2 Å². The largest absolute Gasteiger partial charge is 0.459 e. The van der Waals surface area contributed by atoms with Gasteiger partial charge in [-0.15, -0.1) is 0 Å². The van der Waals surface area contributed by atoms with Crippen LogP contribution in [0.5, 0.6) is 0 Å². The Hall–Kier alpha value is -6.11. The van der Waals surface area contributed by atoms with Gasteiger partial charge in [0.05, 0.1) is 27.5 Å². The Morgan fingerprint density at radius 1 is 0.693 bits per heavy atom. The molecule has 0 bridgehead atoms. The molecule has 0 spiro atoms. The lowest BCUT2D eigenvalue weighted by Gasteiger charge is -2.30. The number of hydrogen-bond donors (Lipinski definition) is 4. The van der Waals surface area contributed by atoms with Crippen LogP contribution in [0.3, 0.4) is 0 Å². The minimum atomic E-state index is -6.41. The van der Waals surface area contributed by atoms with Crippen molar-refractivity contribution in [2.45, 2.75) is 69.2 Å². The molecule has 4 N–H and O–H groups in total. The van der Waals surface area contributed by atoms with Crippen LogP contribution in [0.4, 0.5) is 77.2 Å². The second-order valence-corrected chi connectivity index (χ2v) is 20.5. The predicted molar refractivity (Wildman–Crippen MR) is 250 cm³/mol. The van der Waals surface area contributed by atoms with Crippen LogP contribution in [0, 0.1) is 10.5 Å². The zero-order valence-corrected chi connectivity index (χ0v) is 42.4. The summed E-state index contributed by atoms with van der Waals surface area (Å²) in [5, 5.41) is 11.9. The maximum Gasteiger partial charge on any atom is 0.459 e. The van der Waals surface area contributed by atoms with Gasteiger partial charge >= 0.3 is 36.3 Å². The number of aryl methyl sites for hydroxylation is 2. The second kappa shape index (κ2) is 22.2. The second-order valence-electron chi connectivity index (χ2n) is 16.8. The molecule has 5 aromatic rings. The van der Waals surface area contributed by atoms with Crippen molar-refractivity contribution in [2.24, 2.45) is 7.05 Å². The van der Waals surface area contributed by atoms with Crippen molar-refractivity contribution in [3.05, 3.63) is 144 Å². The van der Waals surface area contributed by atoms with Gasteiger partial charge in [-0.2, -0.15) is 66.6 Å². The van der Waals surface area contributed by atoms with E-state index in [-0.39, 0.29) is 55.9 Å². The number of halogens is 17. The monoisotopic (exact) mass is 1240 g/mol. The molecule has 0 saturated heterocycles. The standard InChI is InChI=1S/C23H22F7IN2O4S.C22H15ClF8N4O2/c1-12-10-13(21(24,22(25,26)27)23(28,29)30)8-9-16(12)32-18(34)14-6-5-7-15(31)17(14)19(35)33-20(2,3)11-38(4,36)37;1-35-16(15(21(26,27)28)17(34-35)20(24,25)22(29,30)31)19(37)33-12-7-8-14(23)13(9-12)18(36)32-10-11-5-3-2-4-6-11/h5-10H,11H2,1-4H3,(H,32,34)(H,33,35);2-9H,10H2,1H3,(H,32,36)(H,33,37). The molecular formula is C45H37ClF15IN6O6S. The van der Waals surface area contributed by atoms with Crippen molar-refractivity contribution >= 4 is 79.0 Å². The van der Waals surface area contributed by atoms with E-state index in [2.05, 4.69) is 21.0 Å². The maximum atomic E-state index is 14.4. The van der Waals surface area contributed by atoms with E-state index < -0.39 is 104 Å². The van der Waals surface area contributed by atoms with Gasteiger partial charge in [0.2, 0.25) is 0 Å². The predicted octanol–water partition coefficient (Wildman–Crippen LogP) is 11.6. The Balaban J connectivity index is 0.000000325. The highest BCUT2D eigenvalue weighted by atomic mass is 127. The molecule has 0 aliphatic heterocycles. The van der Waals surface area contributed by atoms with Crippen LogP contribution in [-0.4, -0.2) is 77.9 Å². The molecule has 0 aliphatic rings. The fourth-order valence-corrected chi connectivity index (χ4v) is 9.28. The smallest absolute Gasteiger partial charge is 0.348 e. The molecule has 408 valence electrons. The Kier molecular flexibility index (Phi) is 18.2. The van der Waals surface area contributed by atoms with Crippen molar-refractivity contribution in [3.8, 4) is 0 Å². The van der Waals surface area contributed by atoms with Crippen molar-refractivity contribution in [1.29, 1.82) is 0 Å².